The van der Waals surface area contributed by atoms with Gasteiger partial charge in [-0.15, -0.1) is 0 Å². The molecule has 0 aliphatic heterocycles. The monoisotopic (exact) mass is 1000 g/mol. The maximum atomic E-state index is 10.00. The highest BCUT2D eigenvalue weighted by molar-refractivity contribution is 9.09. The van der Waals surface area contributed by atoms with Crippen LogP contribution >= 0.6 is 31.9 Å². The Labute approximate surface area is 403 Å². The molecule has 1 aliphatic rings. The second kappa shape index (κ2) is 22.2. The summed E-state index contributed by atoms with van der Waals surface area (Å²) in [5.74, 6) is 3.57. The van der Waals surface area contributed by atoms with Crippen molar-refractivity contribution in [3.05, 3.63) is 115 Å². The number of halogens is 2. The van der Waals surface area contributed by atoms with Gasteiger partial charge >= 0.3 is 0 Å². The minimum atomic E-state index is -0.144. The van der Waals surface area contributed by atoms with Crippen LogP contribution in [0.3, 0.4) is 0 Å². The van der Waals surface area contributed by atoms with Crippen molar-refractivity contribution in [2.75, 3.05) is 50.3 Å². The van der Waals surface area contributed by atoms with E-state index in [1.807, 2.05) is 0 Å². The molecule has 0 unspecified atom stereocenters. The lowest BCUT2D eigenvalue weighted by Crippen LogP contribution is -2.18. The van der Waals surface area contributed by atoms with Crippen LogP contribution in [0, 0.1) is 0 Å². The summed E-state index contributed by atoms with van der Waals surface area (Å²) in [5.41, 5.74) is 13.3. The van der Waals surface area contributed by atoms with Crippen molar-refractivity contribution in [3.63, 3.8) is 0 Å². The third-order valence-electron chi connectivity index (χ3n) is 12.1. The first-order valence-electron chi connectivity index (χ1n) is 23.6. The van der Waals surface area contributed by atoms with Crippen LogP contribution in [-0.2, 0) is 47.3 Å². The number of alkyl halides is 2. The van der Waals surface area contributed by atoms with Crippen molar-refractivity contribution in [2.24, 2.45) is 0 Å². The number of hydrogen-bond donors (Lipinski definition) is 2. The van der Waals surface area contributed by atoms with Gasteiger partial charge in [-0.2, -0.15) is 0 Å². The van der Waals surface area contributed by atoms with Gasteiger partial charge in [0.1, 0.15) is 23.0 Å². The smallest absolute Gasteiger partial charge is 0.126 e. The summed E-state index contributed by atoms with van der Waals surface area (Å²) in [5, 5.41) is 21.7. The van der Waals surface area contributed by atoms with Gasteiger partial charge in [0.25, 0.3) is 0 Å². The van der Waals surface area contributed by atoms with Crippen LogP contribution in [0.4, 0.5) is 0 Å². The molecule has 5 rings (SSSR count). The predicted octanol–water partition coefficient (Wildman–Crippen LogP) is 13.4. The molecule has 8 heteroatoms. The topological polar surface area (TPSA) is 77.4 Å². The highest BCUT2D eigenvalue weighted by Crippen LogP contribution is 2.44. The van der Waals surface area contributed by atoms with Gasteiger partial charge in [0.05, 0.1) is 26.4 Å². The highest BCUT2D eigenvalue weighted by Gasteiger charge is 2.29. The second-order valence-corrected chi connectivity index (χ2v) is 23.4. The Hall–Kier alpha value is -3.04. The van der Waals surface area contributed by atoms with E-state index in [-0.39, 0.29) is 34.9 Å². The molecular formula is C56H78Br2O6. The number of aliphatic hydroxyl groups is 2. The quantitative estimate of drug-likeness (QED) is 0.0758. The molecular weight excluding hydrogens is 928 g/mol. The lowest BCUT2D eigenvalue weighted by atomic mass is 9.79. The van der Waals surface area contributed by atoms with Crippen LogP contribution in [0.1, 0.15) is 176 Å². The van der Waals surface area contributed by atoms with Crippen LogP contribution in [-0.4, -0.2) is 60.5 Å². The summed E-state index contributed by atoms with van der Waals surface area (Å²) < 4.78 is 27.7. The number of benzene rings is 4. The van der Waals surface area contributed by atoms with E-state index in [1.54, 1.807) is 0 Å². The zero-order valence-corrected chi connectivity index (χ0v) is 44.4. The van der Waals surface area contributed by atoms with E-state index in [4.69, 9.17) is 18.9 Å². The molecule has 0 saturated heterocycles. The molecule has 4 aromatic carbocycles. The van der Waals surface area contributed by atoms with Crippen LogP contribution in [0.5, 0.6) is 23.0 Å². The van der Waals surface area contributed by atoms with Crippen LogP contribution in [0.25, 0.3) is 0 Å². The maximum absolute atomic E-state index is 10.00. The molecule has 0 radical (unpaired) electrons. The van der Waals surface area contributed by atoms with Gasteiger partial charge in [-0.1, -0.05) is 163 Å². The number of hydrogen-bond acceptors (Lipinski definition) is 6. The van der Waals surface area contributed by atoms with Gasteiger partial charge < -0.3 is 29.2 Å². The third kappa shape index (κ3) is 13.5. The van der Waals surface area contributed by atoms with Crippen molar-refractivity contribution >= 4 is 31.9 Å². The second-order valence-electron chi connectivity index (χ2n) is 21.8. The largest absolute Gasteiger partial charge is 0.493 e. The van der Waals surface area contributed by atoms with Gasteiger partial charge in [0.2, 0.25) is 0 Å². The minimum Gasteiger partial charge on any atom is -0.493 e. The first-order valence-corrected chi connectivity index (χ1v) is 25.8. The summed E-state index contributed by atoms with van der Waals surface area (Å²) in [6, 6.07) is 18.9. The summed E-state index contributed by atoms with van der Waals surface area (Å²) in [4.78, 5) is 0. The zero-order chi connectivity index (χ0) is 47.0. The van der Waals surface area contributed by atoms with Gasteiger partial charge in [-0.3, -0.25) is 0 Å². The molecule has 0 spiro atoms. The molecule has 6 nitrogen and oxygen atoms in total. The highest BCUT2D eigenvalue weighted by atomic mass is 79.9. The Morgan fingerprint density at radius 1 is 0.359 bits per heavy atom. The van der Waals surface area contributed by atoms with Crippen LogP contribution < -0.4 is 18.9 Å². The molecule has 2 N–H and O–H groups in total. The molecule has 352 valence electrons. The van der Waals surface area contributed by atoms with E-state index in [0.717, 1.165) is 91.0 Å². The van der Waals surface area contributed by atoms with Crippen molar-refractivity contribution in [2.45, 2.75) is 156 Å². The molecule has 0 aromatic heterocycles. The molecule has 4 aromatic rings. The average molecular weight is 1010 g/mol. The van der Waals surface area contributed by atoms with Gasteiger partial charge in [0.15, 0.2) is 0 Å². The third-order valence-corrected chi connectivity index (χ3v) is 13.2. The van der Waals surface area contributed by atoms with Gasteiger partial charge in [-0.25, -0.2) is 0 Å². The lowest BCUT2D eigenvalue weighted by Gasteiger charge is -2.29. The van der Waals surface area contributed by atoms with Crippen molar-refractivity contribution < 1.29 is 29.2 Å². The Morgan fingerprint density at radius 3 is 0.703 bits per heavy atom. The first kappa shape index (κ1) is 51.9. The van der Waals surface area contributed by atoms with E-state index in [9.17, 15) is 10.2 Å². The predicted molar refractivity (Wildman–Crippen MR) is 274 cm³/mol. The van der Waals surface area contributed by atoms with Crippen molar-refractivity contribution in [1.82, 2.24) is 0 Å². The van der Waals surface area contributed by atoms with Gasteiger partial charge in [0, 0.05) is 62.4 Å². The standard InChI is InChI=1S/C56H78Br2O6/c1-53(2,3)45-29-37-25-41-33-47(55(7,8)9)35-43(51(41)63-23-15-19-59)27-39-31-46(54(4,5)6)32-40(50(39)62-22-14-18-58)28-44-36-48(56(10,11)12)34-42(52(44)64-24-16-20-60)26-38(30-45)49(37)61-21-13-17-57/h29-36,59-60H,13-28H2,1-12H3. The van der Waals surface area contributed by atoms with E-state index >= 15 is 0 Å². The van der Waals surface area contributed by atoms with Crippen LogP contribution in [0.2, 0.25) is 0 Å². The average Bonchev–Trinajstić information content (AvgIpc) is 3.19. The maximum Gasteiger partial charge on any atom is 0.126 e. The number of ether oxygens (including phenoxy) is 4. The van der Waals surface area contributed by atoms with E-state index < -0.39 is 0 Å². The van der Waals surface area contributed by atoms with Crippen LogP contribution in [0.15, 0.2) is 48.5 Å². The van der Waals surface area contributed by atoms with Crippen molar-refractivity contribution in [3.8, 4) is 23.0 Å². The molecule has 0 heterocycles. The molecule has 8 bridgehead atoms. The minimum absolute atomic E-state index is 0.0542. The lowest BCUT2D eigenvalue weighted by molar-refractivity contribution is 0.231. The van der Waals surface area contributed by atoms with Crippen molar-refractivity contribution in [1.29, 1.82) is 0 Å². The Bertz CT molecular complexity index is 1780. The van der Waals surface area contributed by atoms with E-state index in [2.05, 4.69) is 163 Å². The fourth-order valence-corrected chi connectivity index (χ4v) is 8.76. The van der Waals surface area contributed by atoms with E-state index in [1.165, 1.54) is 22.3 Å². The summed E-state index contributed by atoms with van der Waals surface area (Å²) in [7, 11) is 0. The summed E-state index contributed by atoms with van der Waals surface area (Å²) in [6.45, 7) is 29.5. The first-order chi connectivity index (χ1) is 30.1. The normalized spacial score (nSPS) is 13.5. The van der Waals surface area contributed by atoms with Gasteiger partial charge in [-0.05, 0) is 101 Å². The zero-order valence-electron chi connectivity index (χ0n) is 41.2. The molecule has 0 atom stereocenters. The molecule has 0 fully saturated rings. The SMILES string of the molecule is CC(C)(C)c1cc2c(OCCCO)c(c1)Cc1cc(C(C)(C)C)cc(c1OCCCBr)Cc1cc(C(C)(C)C)cc(c1OCCCO)Cc1cc(C(C)(C)C)cc(c1OCCCBr)C2. The summed E-state index contributed by atoms with van der Waals surface area (Å²) >= 11 is 7.33. The van der Waals surface area contributed by atoms with E-state index in [0.29, 0.717) is 65.0 Å². The number of fused-ring (bicyclic) bond motifs is 8. The molecule has 0 saturated carbocycles. The molecule has 1 aliphatic carbocycles. The fourth-order valence-electron chi connectivity index (χ4n) is 8.30. The fraction of sp³-hybridized carbons (Fsp3) is 0.571. The number of aliphatic hydroxyl groups excluding tert-OH is 2. The summed E-state index contributed by atoms with van der Waals surface area (Å²) in [6.07, 6.45) is 5.20. The Morgan fingerprint density at radius 2 is 0.547 bits per heavy atom. The Balaban J connectivity index is 2.01. The Kier molecular flexibility index (Phi) is 18.0. The molecule has 64 heavy (non-hydrogen) atoms. The number of rotatable bonds is 16. The molecule has 0 amide bonds.